The smallest absolute Gasteiger partial charge is 0.189 e. The van der Waals surface area contributed by atoms with Crippen LogP contribution in [-0.2, 0) is 0 Å². The van der Waals surface area contributed by atoms with Crippen LogP contribution in [-0.4, -0.2) is 12.1 Å². The molecule has 0 aliphatic carbocycles. The fourth-order valence-electron chi connectivity index (χ4n) is 1.60. The van der Waals surface area contributed by atoms with Gasteiger partial charge in [-0.15, -0.1) is 0 Å². The predicted octanol–water partition coefficient (Wildman–Crippen LogP) is 1.85. The van der Waals surface area contributed by atoms with E-state index >= 15 is 0 Å². The number of hydrogen-bond donors (Lipinski definition) is 1. The van der Waals surface area contributed by atoms with Crippen molar-refractivity contribution in [1.29, 1.82) is 0 Å². The summed E-state index contributed by atoms with van der Waals surface area (Å²) < 4.78 is 5.12. The molecule has 1 heterocycles. The average molecular weight is 189 g/mol. The largest absolute Gasteiger partial charge is 0.497 e. The van der Waals surface area contributed by atoms with Gasteiger partial charge in [-0.2, -0.15) is 0 Å². The molecule has 0 aliphatic rings. The van der Waals surface area contributed by atoms with Crippen LogP contribution in [0.25, 0.3) is 10.9 Å². The number of benzene rings is 1. The van der Waals surface area contributed by atoms with Crippen molar-refractivity contribution in [2.24, 2.45) is 0 Å². The molecule has 0 atom stereocenters. The third-order valence-corrected chi connectivity index (χ3v) is 2.26. The first-order valence-corrected chi connectivity index (χ1v) is 4.38. The van der Waals surface area contributed by atoms with Crippen molar-refractivity contribution < 1.29 is 4.74 Å². The lowest BCUT2D eigenvalue weighted by molar-refractivity contribution is 0.415. The maximum atomic E-state index is 11.5. The Kier molecular flexibility index (Phi) is 2.00. The zero-order valence-corrected chi connectivity index (χ0v) is 8.13. The Bertz CT molecular complexity index is 528. The SMILES string of the molecule is COc1cc(C)c2c(=O)cc[nH]c2c1. The fourth-order valence-corrected chi connectivity index (χ4v) is 1.60. The molecule has 0 saturated heterocycles. The average Bonchev–Trinajstić information content (AvgIpc) is 2.17. The van der Waals surface area contributed by atoms with E-state index in [-0.39, 0.29) is 5.43 Å². The van der Waals surface area contributed by atoms with Crippen LogP contribution < -0.4 is 10.2 Å². The van der Waals surface area contributed by atoms with Crippen molar-refractivity contribution in [3.8, 4) is 5.75 Å². The quantitative estimate of drug-likeness (QED) is 0.743. The molecule has 0 saturated carbocycles. The summed E-state index contributed by atoms with van der Waals surface area (Å²) in [6.45, 7) is 1.90. The van der Waals surface area contributed by atoms with Crippen molar-refractivity contribution in [1.82, 2.24) is 4.98 Å². The third kappa shape index (κ3) is 1.27. The Morgan fingerprint density at radius 1 is 1.36 bits per heavy atom. The number of ether oxygens (including phenoxy) is 1. The van der Waals surface area contributed by atoms with Crippen molar-refractivity contribution in [2.75, 3.05) is 7.11 Å². The van der Waals surface area contributed by atoms with E-state index in [4.69, 9.17) is 4.74 Å². The number of pyridine rings is 1. The summed E-state index contributed by atoms with van der Waals surface area (Å²) in [4.78, 5) is 14.6. The number of aryl methyl sites for hydroxylation is 1. The Labute approximate surface area is 81.3 Å². The van der Waals surface area contributed by atoms with E-state index in [1.54, 1.807) is 13.3 Å². The van der Waals surface area contributed by atoms with E-state index in [9.17, 15) is 4.79 Å². The molecule has 1 aromatic heterocycles. The van der Waals surface area contributed by atoms with Gasteiger partial charge in [-0.3, -0.25) is 4.79 Å². The van der Waals surface area contributed by atoms with Gasteiger partial charge in [0, 0.05) is 23.7 Å². The highest BCUT2D eigenvalue weighted by molar-refractivity contribution is 5.83. The molecule has 1 aromatic carbocycles. The van der Waals surface area contributed by atoms with Gasteiger partial charge in [-0.1, -0.05) is 0 Å². The number of fused-ring (bicyclic) bond motifs is 1. The van der Waals surface area contributed by atoms with Crippen LogP contribution in [0.15, 0.2) is 29.2 Å². The minimum atomic E-state index is 0.0407. The number of rotatable bonds is 1. The van der Waals surface area contributed by atoms with E-state index in [1.807, 2.05) is 19.1 Å². The first kappa shape index (κ1) is 8.81. The Balaban J connectivity index is 2.90. The predicted molar refractivity (Wildman–Crippen MR) is 55.9 cm³/mol. The van der Waals surface area contributed by atoms with Gasteiger partial charge in [-0.25, -0.2) is 0 Å². The van der Waals surface area contributed by atoms with Gasteiger partial charge in [0.25, 0.3) is 0 Å². The number of nitrogens with one attached hydrogen (secondary N) is 1. The lowest BCUT2D eigenvalue weighted by Crippen LogP contribution is -2.02. The standard InChI is InChI=1S/C11H11NO2/c1-7-5-8(14-2)6-9-11(7)10(13)3-4-12-9/h3-6H,1-2H3,(H,12,13). The van der Waals surface area contributed by atoms with Gasteiger partial charge in [0.2, 0.25) is 0 Å². The minimum absolute atomic E-state index is 0.0407. The number of methoxy groups -OCH3 is 1. The maximum Gasteiger partial charge on any atom is 0.189 e. The molecule has 0 fully saturated rings. The second-order valence-corrected chi connectivity index (χ2v) is 3.21. The normalized spacial score (nSPS) is 10.4. The molecular formula is C11H11NO2. The minimum Gasteiger partial charge on any atom is -0.497 e. The van der Waals surface area contributed by atoms with Crippen molar-refractivity contribution in [3.63, 3.8) is 0 Å². The summed E-state index contributed by atoms with van der Waals surface area (Å²) in [5.74, 6) is 0.761. The molecular weight excluding hydrogens is 178 g/mol. The monoisotopic (exact) mass is 189 g/mol. The molecule has 1 N–H and O–H groups in total. The summed E-state index contributed by atoms with van der Waals surface area (Å²) in [6.07, 6.45) is 1.64. The molecule has 0 spiro atoms. The summed E-state index contributed by atoms with van der Waals surface area (Å²) in [7, 11) is 1.61. The molecule has 0 amide bonds. The lowest BCUT2D eigenvalue weighted by atomic mass is 10.1. The number of aromatic nitrogens is 1. The van der Waals surface area contributed by atoms with Crippen LogP contribution in [0, 0.1) is 6.92 Å². The van der Waals surface area contributed by atoms with Gasteiger partial charge >= 0.3 is 0 Å². The van der Waals surface area contributed by atoms with Crippen LogP contribution in [0.2, 0.25) is 0 Å². The van der Waals surface area contributed by atoms with Crippen LogP contribution in [0.5, 0.6) is 5.75 Å². The van der Waals surface area contributed by atoms with E-state index in [2.05, 4.69) is 4.98 Å². The lowest BCUT2D eigenvalue weighted by Gasteiger charge is -2.04. The van der Waals surface area contributed by atoms with E-state index < -0.39 is 0 Å². The first-order chi connectivity index (χ1) is 6.72. The summed E-state index contributed by atoms with van der Waals surface area (Å²) in [5, 5.41) is 0.730. The van der Waals surface area contributed by atoms with E-state index in [0.717, 1.165) is 22.2 Å². The molecule has 3 heteroatoms. The summed E-state index contributed by atoms with van der Waals surface area (Å²) in [5.41, 5.74) is 1.79. The number of aromatic amines is 1. The van der Waals surface area contributed by atoms with E-state index in [0.29, 0.717) is 0 Å². The van der Waals surface area contributed by atoms with Crippen molar-refractivity contribution in [2.45, 2.75) is 6.92 Å². The van der Waals surface area contributed by atoms with E-state index in [1.165, 1.54) is 6.07 Å². The van der Waals surface area contributed by atoms with Gasteiger partial charge in [0.1, 0.15) is 5.75 Å². The van der Waals surface area contributed by atoms with Crippen LogP contribution >= 0.6 is 0 Å². The van der Waals surface area contributed by atoms with Gasteiger partial charge < -0.3 is 9.72 Å². The topological polar surface area (TPSA) is 42.1 Å². The highest BCUT2D eigenvalue weighted by atomic mass is 16.5. The molecule has 0 unspecified atom stereocenters. The van der Waals surface area contributed by atoms with Gasteiger partial charge in [-0.05, 0) is 18.6 Å². The second-order valence-electron chi connectivity index (χ2n) is 3.21. The maximum absolute atomic E-state index is 11.5. The highest BCUT2D eigenvalue weighted by Gasteiger charge is 2.03. The zero-order chi connectivity index (χ0) is 10.1. The molecule has 2 rings (SSSR count). The molecule has 14 heavy (non-hydrogen) atoms. The summed E-state index contributed by atoms with van der Waals surface area (Å²) >= 11 is 0. The molecule has 72 valence electrons. The number of H-pyrrole nitrogens is 1. The Hall–Kier alpha value is -1.77. The Morgan fingerprint density at radius 3 is 2.86 bits per heavy atom. The molecule has 3 nitrogen and oxygen atoms in total. The third-order valence-electron chi connectivity index (χ3n) is 2.26. The molecule has 2 aromatic rings. The molecule has 0 bridgehead atoms. The summed E-state index contributed by atoms with van der Waals surface area (Å²) in [6, 6.07) is 5.21. The number of hydrogen-bond acceptors (Lipinski definition) is 2. The molecule has 0 aliphatic heterocycles. The van der Waals surface area contributed by atoms with Crippen molar-refractivity contribution >= 4 is 10.9 Å². The zero-order valence-electron chi connectivity index (χ0n) is 8.13. The van der Waals surface area contributed by atoms with Crippen molar-refractivity contribution in [3.05, 3.63) is 40.2 Å². The van der Waals surface area contributed by atoms with Crippen LogP contribution in [0.4, 0.5) is 0 Å². The van der Waals surface area contributed by atoms with Gasteiger partial charge in [0.15, 0.2) is 5.43 Å². The van der Waals surface area contributed by atoms with Crippen LogP contribution in [0.1, 0.15) is 5.56 Å². The first-order valence-electron chi connectivity index (χ1n) is 4.38. The highest BCUT2D eigenvalue weighted by Crippen LogP contribution is 2.20. The second kappa shape index (κ2) is 3.18. The Morgan fingerprint density at radius 2 is 2.14 bits per heavy atom. The fraction of sp³-hybridized carbons (Fsp3) is 0.182. The van der Waals surface area contributed by atoms with Gasteiger partial charge in [0.05, 0.1) is 12.6 Å². The van der Waals surface area contributed by atoms with Crippen LogP contribution in [0.3, 0.4) is 0 Å². The molecule has 0 radical (unpaired) electrons.